The lowest BCUT2D eigenvalue weighted by molar-refractivity contribution is -0.137. The molecule has 28 heavy (non-hydrogen) atoms. The second kappa shape index (κ2) is 7.60. The molecule has 0 bridgehead atoms. The molecule has 0 saturated carbocycles. The highest BCUT2D eigenvalue weighted by Crippen LogP contribution is 2.33. The van der Waals surface area contributed by atoms with Gasteiger partial charge in [0.15, 0.2) is 11.7 Å². The number of amides is 1. The number of carbonyl (C=O) groups excluding carboxylic acids is 2. The maximum Gasteiger partial charge on any atom is 0.417 e. The zero-order valence-electron chi connectivity index (χ0n) is 14.3. The largest absolute Gasteiger partial charge is 0.417 e. The number of alkyl halides is 3. The lowest BCUT2D eigenvalue weighted by Gasteiger charge is -2.20. The zero-order chi connectivity index (χ0) is 20.5. The number of anilines is 1. The molecule has 2 aromatic rings. The van der Waals surface area contributed by atoms with Crippen molar-refractivity contribution in [1.29, 1.82) is 5.26 Å². The molecule has 1 aliphatic heterocycles. The smallest absolute Gasteiger partial charge is 0.312 e. The highest BCUT2D eigenvalue weighted by Gasteiger charge is 2.33. The Kier molecular flexibility index (Phi) is 5.38. The molecule has 1 aliphatic rings. The predicted molar refractivity (Wildman–Crippen MR) is 95.0 cm³/mol. The van der Waals surface area contributed by atoms with Crippen LogP contribution < -0.4 is 4.90 Å². The van der Waals surface area contributed by atoms with Crippen LogP contribution in [0, 0.1) is 11.3 Å². The summed E-state index contributed by atoms with van der Waals surface area (Å²) in [6.45, 7) is 0.412. The Labute approximate surface area is 163 Å². The third-order valence-electron chi connectivity index (χ3n) is 4.39. The van der Waals surface area contributed by atoms with Crippen LogP contribution in [0.25, 0.3) is 0 Å². The second-order valence-electron chi connectivity index (χ2n) is 6.21. The van der Waals surface area contributed by atoms with Crippen molar-refractivity contribution < 1.29 is 22.8 Å². The van der Waals surface area contributed by atoms with Crippen LogP contribution in [-0.2, 0) is 11.0 Å². The standard InChI is InChI=1S/C19H13ClF3N3O2/c20-12-4-5-13(16(8-12)26-7-1-2-17(26)27)18(28)14(9-24)15-6-3-11(10-25-15)19(21,22)23/h3-6,8,10,14H,1-2,7H2/t14-/m1/s1. The summed E-state index contributed by atoms with van der Waals surface area (Å²) < 4.78 is 38.1. The van der Waals surface area contributed by atoms with E-state index in [1.165, 1.54) is 23.1 Å². The molecule has 144 valence electrons. The molecular formula is C19H13ClF3N3O2. The normalized spacial score (nSPS) is 15.4. The maximum atomic E-state index is 13.0. The molecule has 1 atom stereocenters. The fourth-order valence-electron chi connectivity index (χ4n) is 3.00. The van der Waals surface area contributed by atoms with Gasteiger partial charge in [0.2, 0.25) is 5.91 Å². The molecule has 0 N–H and O–H groups in total. The van der Waals surface area contributed by atoms with Crippen LogP contribution >= 0.6 is 11.6 Å². The SMILES string of the molecule is N#C[C@@H](C(=O)c1ccc(Cl)cc1N1CCCC1=O)c1ccc(C(F)(F)F)cn1. The number of rotatable bonds is 4. The first kappa shape index (κ1) is 19.8. The lowest BCUT2D eigenvalue weighted by Crippen LogP contribution is -2.27. The number of pyridine rings is 1. The van der Waals surface area contributed by atoms with E-state index in [2.05, 4.69) is 4.98 Å². The minimum Gasteiger partial charge on any atom is -0.312 e. The van der Waals surface area contributed by atoms with Crippen molar-refractivity contribution in [1.82, 2.24) is 4.98 Å². The highest BCUT2D eigenvalue weighted by atomic mass is 35.5. The summed E-state index contributed by atoms with van der Waals surface area (Å²) >= 11 is 6.01. The monoisotopic (exact) mass is 407 g/mol. The van der Waals surface area contributed by atoms with Gasteiger partial charge in [-0.1, -0.05) is 11.6 Å². The van der Waals surface area contributed by atoms with Gasteiger partial charge >= 0.3 is 6.18 Å². The summed E-state index contributed by atoms with van der Waals surface area (Å²) in [5, 5.41) is 9.78. The summed E-state index contributed by atoms with van der Waals surface area (Å²) in [6.07, 6.45) is -3.03. The summed E-state index contributed by atoms with van der Waals surface area (Å²) in [5.74, 6) is -2.25. The number of carbonyl (C=O) groups is 2. The van der Waals surface area contributed by atoms with Crippen molar-refractivity contribution in [3.05, 3.63) is 58.4 Å². The van der Waals surface area contributed by atoms with E-state index in [4.69, 9.17) is 11.6 Å². The third-order valence-corrected chi connectivity index (χ3v) is 4.63. The fourth-order valence-corrected chi connectivity index (χ4v) is 3.16. The number of nitriles is 1. The average molecular weight is 408 g/mol. The topological polar surface area (TPSA) is 74.1 Å². The number of aromatic nitrogens is 1. The third kappa shape index (κ3) is 3.85. The second-order valence-corrected chi connectivity index (χ2v) is 6.64. The Bertz CT molecular complexity index is 968. The van der Waals surface area contributed by atoms with Crippen LogP contribution in [0.2, 0.25) is 5.02 Å². The van der Waals surface area contributed by atoms with E-state index in [9.17, 15) is 28.0 Å². The van der Waals surface area contributed by atoms with Crippen molar-refractivity contribution in [2.45, 2.75) is 24.9 Å². The molecule has 2 heterocycles. The van der Waals surface area contributed by atoms with Crippen LogP contribution in [0.4, 0.5) is 18.9 Å². The Morgan fingerprint density at radius 2 is 2.04 bits per heavy atom. The van der Waals surface area contributed by atoms with E-state index >= 15 is 0 Å². The summed E-state index contributed by atoms with van der Waals surface area (Å²) in [5.41, 5.74) is -0.704. The first-order valence-corrected chi connectivity index (χ1v) is 8.67. The van der Waals surface area contributed by atoms with E-state index in [1.54, 1.807) is 6.07 Å². The van der Waals surface area contributed by atoms with Gasteiger partial charge in [-0.2, -0.15) is 18.4 Å². The van der Waals surface area contributed by atoms with Gasteiger partial charge in [-0.3, -0.25) is 14.6 Å². The Morgan fingerprint density at radius 3 is 2.57 bits per heavy atom. The molecule has 1 aromatic heterocycles. The summed E-state index contributed by atoms with van der Waals surface area (Å²) in [6, 6.07) is 7.88. The van der Waals surface area contributed by atoms with Crippen molar-refractivity contribution >= 4 is 29.0 Å². The van der Waals surface area contributed by atoms with E-state index < -0.39 is 23.4 Å². The fraction of sp³-hybridized carbons (Fsp3) is 0.263. The maximum absolute atomic E-state index is 13.0. The number of hydrogen-bond acceptors (Lipinski definition) is 4. The molecule has 9 heteroatoms. The first-order chi connectivity index (χ1) is 13.2. The lowest BCUT2D eigenvalue weighted by atomic mass is 9.93. The number of Topliss-reactive ketones (excluding diaryl/α,β-unsaturated/α-hetero) is 1. The van der Waals surface area contributed by atoms with Crippen LogP contribution in [0.1, 0.15) is 40.4 Å². The van der Waals surface area contributed by atoms with Crippen LogP contribution in [0.15, 0.2) is 36.5 Å². The molecule has 1 saturated heterocycles. The first-order valence-electron chi connectivity index (χ1n) is 8.29. The summed E-state index contributed by atoms with van der Waals surface area (Å²) in [4.78, 5) is 30.2. The van der Waals surface area contributed by atoms with Gasteiger partial charge in [-0.25, -0.2) is 0 Å². The zero-order valence-corrected chi connectivity index (χ0v) is 15.1. The average Bonchev–Trinajstić information content (AvgIpc) is 3.07. The Balaban J connectivity index is 1.98. The van der Waals surface area contributed by atoms with E-state index in [0.29, 0.717) is 30.6 Å². The molecule has 0 radical (unpaired) electrons. The van der Waals surface area contributed by atoms with Gasteiger partial charge in [0, 0.05) is 29.7 Å². The molecule has 5 nitrogen and oxygen atoms in total. The molecule has 0 unspecified atom stereocenters. The number of halogens is 4. The Hall–Kier alpha value is -2.92. The highest BCUT2D eigenvalue weighted by molar-refractivity contribution is 6.31. The number of hydrogen-bond donors (Lipinski definition) is 0. The minimum atomic E-state index is -4.57. The molecular weight excluding hydrogens is 395 g/mol. The van der Waals surface area contributed by atoms with Gasteiger partial charge in [-0.15, -0.1) is 0 Å². The molecule has 3 rings (SSSR count). The van der Waals surface area contributed by atoms with E-state index in [1.807, 2.05) is 0 Å². The van der Waals surface area contributed by atoms with E-state index in [0.717, 1.165) is 12.1 Å². The quantitative estimate of drug-likeness (QED) is 0.705. The van der Waals surface area contributed by atoms with Gasteiger partial charge in [0.05, 0.1) is 23.0 Å². The van der Waals surface area contributed by atoms with Crippen molar-refractivity contribution in [3.63, 3.8) is 0 Å². The van der Waals surface area contributed by atoms with Gasteiger partial charge in [0.25, 0.3) is 0 Å². The number of ketones is 1. The van der Waals surface area contributed by atoms with Crippen molar-refractivity contribution in [3.8, 4) is 6.07 Å². The molecule has 1 aromatic carbocycles. The minimum absolute atomic E-state index is 0.0906. The molecule has 1 amide bonds. The van der Waals surface area contributed by atoms with Gasteiger partial charge in [0.1, 0.15) is 0 Å². The van der Waals surface area contributed by atoms with Crippen molar-refractivity contribution in [2.24, 2.45) is 0 Å². The summed E-state index contributed by atoms with van der Waals surface area (Å²) in [7, 11) is 0. The van der Waals surface area contributed by atoms with E-state index in [-0.39, 0.29) is 22.9 Å². The van der Waals surface area contributed by atoms with Crippen LogP contribution in [-0.4, -0.2) is 23.2 Å². The van der Waals surface area contributed by atoms with Gasteiger partial charge in [-0.05, 0) is 36.8 Å². The molecule has 1 fully saturated rings. The predicted octanol–water partition coefficient (Wildman–Crippen LogP) is 4.37. The van der Waals surface area contributed by atoms with Crippen LogP contribution in [0.3, 0.4) is 0 Å². The molecule has 0 aliphatic carbocycles. The van der Waals surface area contributed by atoms with Crippen molar-refractivity contribution in [2.75, 3.05) is 11.4 Å². The molecule has 0 spiro atoms. The Morgan fingerprint density at radius 1 is 1.29 bits per heavy atom. The van der Waals surface area contributed by atoms with Gasteiger partial charge < -0.3 is 4.90 Å². The van der Waals surface area contributed by atoms with Crippen LogP contribution in [0.5, 0.6) is 0 Å². The number of benzene rings is 1. The number of nitrogens with zero attached hydrogens (tertiary/aromatic N) is 3.